The van der Waals surface area contributed by atoms with Crippen molar-refractivity contribution in [2.75, 3.05) is 6.61 Å². The summed E-state index contributed by atoms with van der Waals surface area (Å²) in [6.45, 7) is 2.30. The Hall–Kier alpha value is -1.29. The molecule has 0 radical (unpaired) electrons. The third kappa shape index (κ3) is 7.35. The quantitative estimate of drug-likeness (QED) is 0.136. The molecule has 0 bridgehead atoms. The maximum absolute atomic E-state index is 12.4. The Bertz CT molecular complexity index is 1180. The first-order valence-corrected chi connectivity index (χ1v) is 13.7. The zero-order chi connectivity index (χ0) is 26.1. The van der Waals surface area contributed by atoms with Crippen LogP contribution in [0.2, 0.25) is 0 Å². The number of H-pyrrole nitrogens is 1. The molecule has 1 aromatic rings. The van der Waals surface area contributed by atoms with Crippen LogP contribution in [-0.2, 0) is 37.3 Å². The lowest BCUT2D eigenvalue weighted by Gasteiger charge is -2.33. The number of hydrogen-bond acceptors (Lipinski definition) is 11. The molecule has 17 nitrogen and oxygen atoms in total. The molecule has 0 amide bonds. The number of nitrogens with one attached hydrogen (secondary N) is 1. The number of allylic oxidation sites excluding steroid dienone is 1. The van der Waals surface area contributed by atoms with Gasteiger partial charge in [0.1, 0.15) is 18.3 Å². The summed E-state index contributed by atoms with van der Waals surface area (Å²) in [6, 6.07) is 0.952. The molecule has 1 aromatic heterocycles. The van der Waals surface area contributed by atoms with Gasteiger partial charge in [0.25, 0.3) is 5.56 Å². The molecule has 1 saturated heterocycles. The van der Waals surface area contributed by atoms with Crippen LogP contribution in [0, 0.1) is 0 Å². The van der Waals surface area contributed by atoms with Crippen LogP contribution < -0.4 is 11.2 Å². The molecule has 7 N–H and O–H groups in total. The van der Waals surface area contributed by atoms with Crippen LogP contribution in [0.5, 0.6) is 0 Å². The van der Waals surface area contributed by atoms with Gasteiger partial charge in [-0.15, -0.1) is 0 Å². The summed E-state index contributed by atoms with van der Waals surface area (Å²) in [4.78, 5) is 61.6. The van der Waals surface area contributed by atoms with Crippen molar-refractivity contribution >= 4 is 23.5 Å². The van der Waals surface area contributed by atoms with E-state index in [1.165, 1.54) is 6.08 Å². The van der Waals surface area contributed by atoms with Gasteiger partial charge < -0.3 is 34.5 Å². The highest BCUT2D eigenvalue weighted by Crippen LogP contribution is 2.66. The fraction of sp³-hybridized carbons (Fsp3) is 0.571. The molecule has 0 saturated carbocycles. The van der Waals surface area contributed by atoms with Gasteiger partial charge >= 0.3 is 29.2 Å². The van der Waals surface area contributed by atoms with Crippen LogP contribution >= 0.6 is 23.5 Å². The van der Waals surface area contributed by atoms with Crippen LogP contribution in [0.25, 0.3) is 0 Å². The van der Waals surface area contributed by atoms with Gasteiger partial charge in [0.15, 0.2) is 5.72 Å². The molecule has 0 aliphatic carbocycles. The molecule has 2 heterocycles. The smallest absolute Gasteiger partial charge is 0.387 e. The molecule has 6 atom stereocenters. The second-order valence-corrected chi connectivity index (χ2v) is 11.7. The Balaban J connectivity index is 2.30. The molecule has 2 rings (SSSR count). The predicted molar refractivity (Wildman–Crippen MR) is 110 cm³/mol. The standard InChI is InChI=1S/C14H23N2O15P3/c1-8(2)3-5-14(16-6-4-10(17)15-13(16)20)12(19)11(18)9(29-14)7-28-33(24,25)31-34(26,27)30-32(21,22)23/h3-4,6,9,11-12,18-19H,5,7H2,1-2H3,(H,24,25)(H,26,27)(H,15,17,20)(H2,21,22,23)/t9-,11-,12-,14-/m1/s1. The molecular formula is C14H23N2O15P3. The number of aliphatic hydroxyl groups is 2. The third-order valence-corrected chi connectivity index (χ3v) is 8.18. The number of ether oxygens (including phenoxy) is 1. The van der Waals surface area contributed by atoms with E-state index in [2.05, 4.69) is 13.1 Å². The maximum atomic E-state index is 12.4. The van der Waals surface area contributed by atoms with Crippen molar-refractivity contribution in [2.45, 2.75) is 44.3 Å². The molecule has 0 aromatic carbocycles. The van der Waals surface area contributed by atoms with Crippen molar-refractivity contribution in [3.8, 4) is 0 Å². The van der Waals surface area contributed by atoms with Crippen LogP contribution in [0.3, 0.4) is 0 Å². The molecule has 194 valence electrons. The van der Waals surface area contributed by atoms with Gasteiger partial charge in [-0.05, 0) is 13.8 Å². The van der Waals surface area contributed by atoms with E-state index in [0.29, 0.717) is 0 Å². The number of phosphoric ester groups is 1. The maximum Gasteiger partial charge on any atom is 0.490 e. The SMILES string of the molecule is CC(C)=CC[C@@]1(n2ccc(=O)[nH]c2=O)O[C@H](COP(=O)(O)OP(=O)(O)OP(=O)(O)O)[C@@H](O)[C@H]1O. The minimum absolute atomic E-state index is 0.217. The second kappa shape index (κ2) is 10.4. The average Bonchev–Trinajstić information content (AvgIpc) is 2.87. The van der Waals surface area contributed by atoms with Crippen LogP contribution in [0.1, 0.15) is 20.3 Å². The number of rotatable bonds is 10. The van der Waals surface area contributed by atoms with E-state index in [0.717, 1.165) is 22.4 Å². The van der Waals surface area contributed by atoms with E-state index in [-0.39, 0.29) is 6.42 Å². The van der Waals surface area contributed by atoms with E-state index >= 15 is 0 Å². The van der Waals surface area contributed by atoms with Crippen molar-refractivity contribution in [2.24, 2.45) is 0 Å². The lowest BCUT2D eigenvalue weighted by molar-refractivity contribution is -0.147. The summed E-state index contributed by atoms with van der Waals surface area (Å²) in [5, 5.41) is 21.2. The summed E-state index contributed by atoms with van der Waals surface area (Å²) >= 11 is 0. The third-order valence-electron chi connectivity index (χ3n) is 4.37. The molecular weight excluding hydrogens is 529 g/mol. The molecule has 1 aliphatic heterocycles. The fourth-order valence-corrected chi connectivity index (χ4v) is 6.04. The van der Waals surface area contributed by atoms with Gasteiger partial charge in [-0.3, -0.25) is 18.9 Å². The highest BCUT2D eigenvalue weighted by molar-refractivity contribution is 7.66. The van der Waals surface area contributed by atoms with Gasteiger partial charge in [0.2, 0.25) is 0 Å². The van der Waals surface area contributed by atoms with Crippen molar-refractivity contribution in [1.82, 2.24) is 9.55 Å². The highest BCUT2D eigenvalue weighted by atomic mass is 31.3. The van der Waals surface area contributed by atoms with E-state index in [9.17, 15) is 43.3 Å². The molecule has 20 heteroatoms. The summed E-state index contributed by atoms with van der Waals surface area (Å²) in [5.41, 5.74) is -3.05. The lowest BCUT2D eigenvalue weighted by atomic mass is 9.98. The van der Waals surface area contributed by atoms with Crippen molar-refractivity contribution in [3.05, 3.63) is 44.8 Å². The minimum atomic E-state index is -5.77. The number of aliphatic hydroxyl groups excluding tert-OH is 2. The topological polar surface area (TPSA) is 264 Å². The Morgan fingerprint density at radius 2 is 1.76 bits per heavy atom. The number of nitrogens with zero attached hydrogens (tertiary/aromatic N) is 1. The average molecular weight is 552 g/mol. The van der Waals surface area contributed by atoms with Crippen LogP contribution in [0.15, 0.2) is 33.5 Å². The second-order valence-electron chi connectivity index (χ2n) is 7.29. The molecule has 0 spiro atoms. The molecule has 34 heavy (non-hydrogen) atoms. The van der Waals surface area contributed by atoms with Gasteiger partial charge in [0, 0.05) is 18.7 Å². The molecule has 2 unspecified atom stereocenters. The van der Waals surface area contributed by atoms with Crippen molar-refractivity contribution in [3.63, 3.8) is 0 Å². The summed E-state index contributed by atoms with van der Waals surface area (Å²) < 4.78 is 52.1. The summed E-state index contributed by atoms with van der Waals surface area (Å²) in [6.07, 6.45) is -3.01. The van der Waals surface area contributed by atoms with Gasteiger partial charge in [-0.2, -0.15) is 8.62 Å². The normalized spacial score (nSPS) is 28.8. The largest absolute Gasteiger partial charge is 0.490 e. The van der Waals surface area contributed by atoms with E-state index in [1.54, 1.807) is 13.8 Å². The first kappa shape index (κ1) is 28.9. The van der Waals surface area contributed by atoms with E-state index in [4.69, 9.17) is 14.5 Å². The van der Waals surface area contributed by atoms with E-state index < -0.39 is 65.4 Å². The summed E-state index contributed by atoms with van der Waals surface area (Å²) in [7, 11) is -16.9. The van der Waals surface area contributed by atoms with Gasteiger partial charge in [-0.25, -0.2) is 18.5 Å². The van der Waals surface area contributed by atoms with E-state index in [1.807, 2.05) is 4.98 Å². The first-order valence-electron chi connectivity index (χ1n) is 9.16. The van der Waals surface area contributed by atoms with Gasteiger partial charge in [-0.1, -0.05) is 11.6 Å². The fourth-order valence-electron chi connectivity index (χ4n) is 3.01. The monoisotopic (exact) mass is 552 g/mol. The molecule has 1 aliphatic rings. The Morgan fingerprint density at radius 1 is 1.15 bits per heavy atom. The first-order chi connectivity index (χ1) is 15.4. The highest BCUT2D eigenvalue weighted by Gasteiger charge is 2.56. The number of aromatic amines is 1. The minimum Gasteiger partial charge on any atom is -0.387 e. The van der Waals surface area contributed by atoms with Gasteiger partial charge in [0.05, 0.1) is 6.61 Å². The van der Waals surface area contributed by atoms with Crippen LogP contribution in [-0.4, -0.2) is 64.3 Å². The Morgan fingerprint density at radius 3 is 2.29 bits per heavy atom. The lowest BCUT2D eigenvalue weighted by Crippen LogP contribution is -2.51. The zero-order valence-corrected chi connectivity index (χ0v) is 20.2. The number of phosphoric acid groups is 3. The number of aromatic nitrogens is 2. The van der Waals surface area contributed by atoms with Crippen molar-refractivity contribution < 1.29 is 61.4 Å². The van der Waals surface area contributed by atoms with Crippen molar-refractivity contribution in [1.29, 1.82) is 0 Å². The van der Waals surface area contributed by atoms with Crippen LogP contribution in [0.4, 0.5) is 0 Å². The zero-order valence-electron chi connectivity index (χ0n) is 17.5. The predicted octanol–water partition coefficient (Wildman–Crippen LogP) is -0.990. The number of hydrogen-bond donors (Lipinski definition) is 7. The Kier molecular flexibility index (Phi) is 8.83. The molecule has 1 fully saturated rings. The Labute approximate surface area is 190 Å². The summed E-state index contributed by atoms with van der Waals surface area (Å²) in [5.74, 6) is 0.